The fourth-order valence-electron chi connectivity index (χ4n) is 2.86. The number of aliphatic imine (C=N–C) groups is 1. The minimum absolute atomic E-state index is 0. The molecule has 0 spiro atoms. The number of hydrogen-bond donors (Lipinski definition) is 2. The highest BCUT2D eigenvalue weighted by Gasteiger charge is 2.22. The van der Waals surface area contributed by atoms with Crippen LogP contribution in [-0.2, 0) is 9.47 Å². The zero-order chi connectivity index (χ0) is 17.9. The van der Waals surface area contributed by atoms with E-state index < -0.39 is 6.10 Å². The van der Waals surface area contributed by atoms with E-state index in [2.05, 4.69) is 15.2 Å². The number of aliphatic hydroxyl groups is 1. The van der Waals surface area contributed by atoms with E-state index in [9.17, 15) is 5.11 Å². The molecule has 2 heterocycles. The molecule has 0 saturated carbocycles. The molecule has 0 aliphatic carbocycles. The molecule has 1 aromatic heterocycles. The Balaban J connectivity index is 0.00000338. The van der Waals surface area contributed by atoms with Crippen LogP contribution in [0, 0.1) is 0 Å². The first-order valence-electron chi connectivity index (χ1n) is 9.09. The number of furan rings is 1. The number of methoxy groups -OCH3 is 1. The first-order chi connectivity index (χ1) is 12.2. The molecule has 0 amide bonds. The van der Waals surface area contributed by atoms with Crippen molar-refractivity contribution in [3.8, 4) is 0 Å². The van der Waals surface area contributed by atoms with Crippen LogP contribution in [0.1, 0.15) is 38.1 Å². The number of halogens is 1. The Morgan fingerprint density at radius 1 is 1.42 bits per heavy atom. The van der Waals surface area contributed by atoms with Crippen LogP contribution in [0.25, 0.3) is 0 Å². The molecule has 1 fully saturated rings. The molecule has 1 atom stereocenters. The molecule has 1 aliphatic heterocycles. The second-order valence-corrected chi connectivity index (χ2v) is 6.13. The third kappa shape index (κ3) is 7.81. The summed E-state index contributed by atoms with van der Waals surface area (Å²) < 4.78 is 16.2. The Morgan fingerprint density at radius 3 is 2.81 bits per heavy atom. The van der Waals surface area contributed by atoms with Gasteiger partial charge in [-0.15, -0.1) is 24.0 Å². The molecule has 1 aromatic rings. The number of rotatable bonds is 9. The Hall–Kier alpha value is -0.840. The molecular formula is C18H32IN3O4. The van der Waals surface area contributed by atoms with Gasteiger partial charge in [0.05, 0.1) is 18.9 Å². The van der Waals surface area contributed by atoms with E-state index in [0.717, 1.165) is 58.1 Å². The largest absolute Gasteiger partial charge is 0.467 e. The Morgan fingerprint density at radius 2 is 2.19 bits per heavy atom. The van der Waals surface area contributed by atoms with Gasteiger partial charge in [-0.05, 0) is 38.3 Å². The number of nitrogens with zero attached hydrogens (tertiary/aromatic N) is 2. The number of ether oxygens (including phenoxy) is 2. The maximum absolute atomic E-state index is 10.1. The average molecular weight is 481 g/mol. The smallest absolute Gasteiger partial charge is 0.194 e. The van der Waals surface area contributed by atoms with Crippen LogP contribution in [0.15, 0.2) is 27.8 Å². The van der Waals surface area contributed by atoms with Crippen molar-refractivity contribution in [2.75, 3.05) is 46.5 Å². The van der Waals surface area contributed by atoms with Crippen molar-refractivity contribution in [1.82, 2.24) is 10.2 Å². The molecule has 7 nitrogen and oxygen atoms in total. The van der Waals surface area contributed by atoms with Gasteiger partial charge in [0.1, 0.15) is 11.9 Å². The van der Waals surface area contributed by atoms with Gasteiger partial charge in [-0.3, -0.25) is 0 Å². The standard InChI is InChI=1S/C18H31N3O4.HI/c1-3-19-18(20-14-16(22)17-6-4-12-25-17)21-9-7-15(8-10-21)24-13-5-11-23-2;/h4,6,12,15-16,22H,3,5,7-11,13-14H2,1-2H3,(H,19,20);1H. The van der Waals surface area contributed by atoms with Crippen LogP contribution in [0.3, 0.4) is 0 Å². The molecular weight excluding hydrogens is 449 g/mol. The Labute approximate surface area is 173 Å². The molecule has 0 aromatic carbocycles. The summed E-state index contributed by atoms with van der Waals surface area (Å²) in [5.41, 5.74) is 0. The van der Waals surface area contributed by atoms with Gasteiger partial charge in [0.15, 0.2) is 5.96 Å². The maximum atomic E-state index is 10.1. The van der Waals surface area contributed by atoms with Crippen molar-refractivity contribution in [1.29, 1.82) is 0 Å². The summed E-state index contributed by atoms with van der Waals surface area (Å²) in [6, 6.07) is 3.53. The van der Waals surface area contributed by atoms with Crippen LogP contribution in [0.5, 0.6) is 0 Å². The molecule has 26 heavy (non-hydrogen) atoms. The van der Waals surface area contributed by atoms with Crippen molar-refractivity contribution in [3.05, 3.63) is 24.2 Å². The van der Waals surface area contributed by atoms with Crippen molar-refractivity contribution in [2.45, 2.75) is 38.4 Å². The van der Waals surface area contributed by atoms with Gasteiger partial charge in [-0.25, -0.2) is 4.99 Å². The van der Waals surface area contributed by atoms with Gasteiger partial charge >= 0.3 is 0 Å². The third-order valence-corrected chi connectivity index (χ3v) is 4.21. The van der Waals surface area contributed by atoms with Crippen LogP contribution in [-0.4, -0.2) is 68.6 Å². The zero-order valence-electron chi connectivity index (χ0n) is 15.7. The van der Waals surface area contributed by atoms with Gasteiger partial charge in [-0.1, -0.05) is 0 Å². The molecule has 1 aliphatic rings. The number of guanidine groups is 1. The number of nitrogens with one attached hydrogen (secondary N) is 1. The number of likely N-dealkylation sites (tertiary alicyclic amines) is 1. The van der Waals surface area contributed by atoms with E-state index >= 15 is 0 Å². The molecule has 8 heteroatoms. The molecule has 1 saturated heterocycles. The summed E-state index contributed by atoms with van der Waals surface area (Å²) >= 11 is 0. The maximum Gasteiger partial charge on any atom is 0.194 e. The number of piperidine rings is 1. The first kappa shape index (κ1) is 23.2. The highest BCUT2D eigenvalue weighted by atomic mass is 127. The van der Waals surface area contributed by atoms with E-state index in [-0.39, 0.29) is 30.5 Å². The van der Waals surface area contributed by atoms with Crippen molar-refractivity contribution >= 4 is 29.9 Å². The Bertz CT molecular complexity index is 491. The summed E-state index contributed by atoms with van der Waals surface area (Å²) in [4.78, 5) is 6.80. The predicted molar refractivity (Wildman–Crippen MR) is 112 cm³/mol. The zero-order valence-corrected chi connectivity index (χ0v) is 18.1. The van der Waals surface area contributed by atoms with E-state index in [0.29, 0.717) is 11.9 Å². The molecule has 2 rings (SSSR count). The van der Waals surface area contributed by atoms with Gasteiger partial charge in [0, 0.05) is 40.0 Å². The van der Waals surface area contributed by atoms with E-state index in [1.807, 2.05) is 6.92 Å². The second-order valence-electron chi connectivity index (χ2n) is 6.13. The second kappa shape index (κ2) is 13.3. The van der Waals surface area contributed by atoms with Gasteiger partial charge in [0.25, 0.3) is 0 Å². The first-order valence-corrected chi connectivity index (χ1v) is 9.09. The topological polar surface area (TPSA) is 79.5 Å². The highest BCUT2D eigenvalue weighted by Crippen LogP contribution is 2.16. The lowest BCUT2D eigenvalue weighted by Crippen LogP contribution is -2.47. The summed E-state index contributed by atoms with van der Waals surface area (Å²) in [7, 11) is 1.71. The van der Waals surface area contributed by atoms with Gasteiger partial charge in [-0.2, -0.15) is 0 Å². The van der Waals surface area contributed by atoms with Crippen molar-refractivity contribution in [2.24, 2.45) is 4.99 Å². The number of aliphatic hydroxyl groups excluding tert-OH is 1. The van der Waals surface area contributed by atoms with Crippen LogP contribution >= 0.6 is 24.0 Å². The molecule has 150 valence electrons. The third-order valence-electron chi connectivity index (χ3n) is 4.21. The van der Waals surface area contributed by atoms with Crippen LogP contribution in [0.2, 0.25) is 0 Å². The highest BCUT2D eigenvalue weighted by molar-refractivity contribution is 14.0. The van der Waals surface area contributed by atoms with E-state index in [1.54, 1.807) is 25.5 Å². The monoisotopic (exact) mass is 481 g/mol. The number of hydrogen-bond acceptors (Lipinski definition) is 5. The predicted octanol–water partition coefficient (Wildman–Crippen LogP) is 2.41. The molecule has 1 unspecified atom stereocenters. The lowest BCUT2D eigenvalue weighted by molar-refractivity contribution is 0.00986. The minimum atomic E-state index is -0.717. The summed E-state index contributed by atoms with van der Waals surface area (Å²) in [5, 5.41) is 13.4. The lowest BCUT2D eigenvalue weighted by atomic mass is 10.1. The summed E-state index contributed by atoms with van der Waals surface area (Å²) in [6.07, 6.45) is 4.06. The van der Waals surface area contributed by atoms with Gasteiger partial charge in [0.2, 0.25) is 0 Å². The SMILES string of the molecule is CCNC(=NCC(O)c1ccco1)N1CCC(OCCCOC)CC1.I. The van der Waals surface area contributed by atoms with Crippen molar-refractivity contribution in [3.63, 3.8) is 0 Å². The lowest BCUT2D eigenvalue weighted by Gasteiger charge is -2.34. The Kier molecular flexibility index (Phi) is 11.9. The fourth-order valence-corrected chi connectivity index (χ4v) is 2.86. The average Bonchev–Trinajstić information content (AvgIpc) is 3.17. The summed E-state index contributed by atoms with van der Waals surface area (Å²) in [5.74, 6) is 1.38. The van der Waals surface area contributed by atoms with Gasteiger partial charge < -0.3 is 29.2 Å². The molecule has 0 radical (unpaired) electrons. The molecule has 2 N–H and O–H groups in total. The minimum Gasteiger partial charge on any atom is -0.467 e. The fraction of sp³-hybridized carbons (Fsp3) is 0.722. The van der Waals surface area contributed by atoms with Crippen LogP contribution in [0.4, 0.5) is 0 Å². The van der Waals surface area contributed by atoms with E-state index in [1.165, 1.54) is 0 Å². The van der Waals surface area contributed by atoms with Crippen LogP contribution < -0.4 is 5.32 Å². The van der Waals surface area contributed by atoms with Crippen molar-refractivity contribution < 1.29 is 19.0 Å². The van der Waals surface area contributed by atoms with E-state index in [4.69, 9.17) is 13.9 Å². The summed E-state index contributed by atoms with van der Waals surface area (Å²) in [6.45, 7) is 6.42. The quantitative estimate of drug-likeness (QED) is 0.244. The normalized spacial score (nSPS) is 17.0. The molecule has 0 bridgehead atoms.